The minimum absolute atomic E-state index is 0.0335. The van der Waals surface area contributed by atoms with Crippen LogP contribution in [0.4, 0.5) is 0 Å². The van der Waals surface area contributed by atoms with Crippen LogP contribution >= 0.6 is 0 Å². The quantitative estimate of drug-likeness (QED) is 0.399. The Morgan fingerprint density at radius 1 is 1.02 bits per heavy atom. The SMILES string of the molecule is COc1ccc2c(c1)c(C)c(C(=O)N1CCC3(CCCCOC[C@@H]4CCCN4C(=O)c4ccccc4OC3)CC1)n2C. The maximum absolute atomic E-state index is 13.9. The molecule has 0 aliphatic carbocycles. The molecule has 3 aliphatic heterocycles. The fourth-order valence-corrected chi connectivity index (χ4v) is 7.19. The predicted molar refractivity (Wildman–Crippen MR) is 162 cm³/mol. The number of para-hydroxylation sites is 1. The molecule has 224 valence electrons. The lowest BCUT2D eigenvalue weighted by molar-refractivity contribution is 0.0299. The van der Waals surface area contributed by atoms with Gasteiger partial charge in [0.1, 0.15) is 17.2 Å². The zero-order chi connectivity index (χ0) is 29.3. The van der Waals surface area contributed by atoms with Crippen molar-refractivity contribution < 1.29 is 23.8 Å². The van der Waals surface area contributed by atoms with Crippen molar-refractivity contribution in [2.24, 2.45) is 12.5 Å². The van der Waals surface area contributed by atoms with Crippen molar-refractivity contribution >= 4 is 22.7 Å². The van der Waals surface area contributed by atoms with Gasteiger partial charge in [0.25, 0.3) is 11.8 Å². The van der Waals surface area contributed by atoms with E-state index < -0.39 is 0 Å². The lowest BCUT2D eigenvalue weighted by Crippen LogP contribution is -2.46. The number of hydrogen-bond donors (Lipinski definition) is 0. The summed E-state index contributed by atoms with van der Waals surface area (Å²) < 4.78 is 20.0. The van der Waals surface area contributed by atoms with E-state index in [4.69, 9.17) is 14.2 Å². The van der Waals surface area contributed by atoms with Crippen molar-refractivity contribution in [3.8, 4) is 11.5 Å². The van der Waals surface area contributed by atoms with E-state index in [1.54, 1.807) is 7.11 Å². The topological polar surface area (TPSA) is 73.2 Å². The first-order valence-electron chi connectivity index (χ1n) is 15.4. The van der Waals surface area contributed by atoms with E-state index in [0.717, 1.165) is 79.4 Å². The number of benzene rings is 2. The first-order valence-corrected chi connectivity index (χ1v) is 15.4. The third-order valence-electron chi connectivity index (χ3n) is 9.82. The highest BCUT2D eigenvalue weighted by atomic mass is 16.5. The molecule has 2 saturated heterocycles. The lowest BCUT2D eigenvalue weighted by atomic mass is 9.75. The summed E-state index contributed by atoms with van der Waals surface area (Å²) in [6.07, 6.45) is 6.77. The monoisotopic (exact) mass is 573 g/mol. The van der Waals surface area contributed by atoms with Gasteiger partial charge in [-0.15, -0.1) is 0 Å². The molecule has 1 aromatic heterocycles. The number of methoxy groups -OCH3 is 1. The number of hydrogen-bond acceptors (Lipinski definition) is 5. The van der Waals surface area contributed by atoms with Crippen LogP contribution in [0.2, 0.25) is 0 Å². The number of aryl methyl sites for hydroxylation is 2. The number of ether oxygens (including phenoxy) is 3. The van der Waals surface area contributed by atoms with Crippen LogP contribution in [0.5, 0.6) is 11.5 Å². The van der Waals surface area contributed by atoms with Crippen LogP contribution in [0.15, 0.2) is 42.5 Å². The fraction of sp³-hybridized carbons (Fsp3) is 0.529. The Kier molecular flexibility index (Phi) is 8.17. The Morgan fingerprint density at radius 3 is 2.64 bits per heavy atom. The molecular weight excluding hydrogens is 530 g/mol. The van der Waals surface area contributed by atoms with Gasteiger partial charge in [0.15, 0.2) is 0 Å². The first-order chi connectivity index (χ1) is 20.4. The van der Waals surface area contributed by atoms with Crippen molar-refractivity contribution in [1.82, 2.24) is 14.4 Å². The van der Waals surface area contributed by atoms with Crippen LogP contribution in [-0.2, 0) is 11.8 Å². The van der Waals surface area contributed by atoms with Gasteiger partial charge in [-0.3, -0.25) is 9.59 Å². The minimum Gasteiger partial charge on any atom is -0.497 e. The second kappa shape index (κ2) is 12.0. The fourth-order valence-electron chi connectivity index (χ4n) is 7.19. The molecule has 1 atom stereocenters. The Balaban J connectivity index is 1.20. The number of carbonyl (C=O) groups is 2. The number of likely N-dealkylation sites (tertiary alicyclic amines) is 1. The molecule has 2 fully saturated rings. The van der Waals surface area contributed by atoms with Crippen LogP contribution in [0.25, 0.3) is 10.9 Å². The van der Waals surface area contributed by atoms with Crippen LogP contribution in [0.1, 0.15) is 71.4 Å². The molecule has 8 heteroatoms. The summed E-state index contributed by atoms with van der Waals surface area (Å²) in [5.74, 6) is 1.56. The molecule has 0 radical (unpaired) electrons. The van der Waals surface area contributed by atoms with Gasteiger partial charge in [-0.2, -0.15) is 0 Å². The average molecular weight is 574 g/mol. The molecule has 0 N–H and O–H groups in total. The molecule has 2 aromatic carbocycles. The van der Waals surface area contributed by atoms with E-state index in [1.807, 2.05) is 70.8 Å². The number of rotatable bonds is 2. The van der Waals surface area contributed by atoms with Gasteiger partial charge in [0, 0.05) is 49.6 Å². The van der Waals surface area contributed by atoms with Crippen LogP contribution in [0.3, 0.4) is 0 Å². The van der Waals surface area contributed by atoms with Crippen molar-refractivity contribution in [3.05, 3.63) is 59.3 Å². The maximum atomic E-state index is 13.9. The smallest absolute Gasteiger partial charge is 0.270 e. The number of carbonyl (C=O) groups excluding carboxylic acids is 2. The van der Waals surface area contributed by atoms with Crippen LogP contribution in [-0.4, -0.2) is 78.8 Å². The molecule has 3 aromatic rings. The number of aromatic nitrogens is 1. The average Bonchev–Trinajstić information content (AvgIpc) is 3.59. The lowest BCUT2D eigenvalue weighted by Gasteiger charge is -2.42. The number of amides is 2. The third kappa shape index (κ3) is 5.37. The van der Waals surface area contributed by atoms with E-state index >= 15 is 0 Å². The number of fused-ring (bicyclic) bond motifs is 3. The minimum atomic E-state index is -0.0609. The predicted octanol–water partition coefficient (Wildman–Crippen LogP) is 5.60. The normalized spacial score (nSPS) is 21.5. The van der Waals surface area contributed by atoms with E-state index in [9.17, 15) is 9.59 Å². The van der Waals surface area contributed by atoms with Gasteiger partial charge in [0.2, 0.25) is 0 Å². The number of nitrogens with zero attached hydrogens (tertiary/aromatic N) is 3. The Morgan fingerprint density at radius 2 is 1.83 bits per heavy atom. The van der Waals surface area contributed by atoms with Gasteiger partial charge >= 0.3 is 0 Å². The van der Waals surface area contributed by atoms with Crippen LogP contribution in [0, 0.1) is 12.3 Å². The van der Waals surface area contributed by atoms with Crippen molar-refractivity contribution in [2.75, 3.05) is 46.6 Å². The Labute approximate surface area is 248 Å². The van der Waals surface area contributed by atoms with Crippen molar-refractivity contribution in [1.29, 1.82) is 0 Å². The molecule has 42 heavy (non-hydrogen) atoms. The summed E-state index contributed by atoms with van der Waals surface area (Å²) in [7, 11) is 3.63. The summed E-state index contributed by atoms with van der Waals surface area (Å²) in [4.78, 5) is 31.5. The second-order valence-electron chi connectivity index (χ2n) is 12.3. The van der Waals surface area contributed by atoms with Crippen LogP contribution < -0.4 is 9.47 Å². The summed E-state index contributed by atoms with van der Waals surface area (Å²) >= 11 is 0. The summed E-state index contributed by atoms with van der Waals surface area (Å²) in [5.41, 5.74) is 3.32. The van der Waals surface area contributed by atoms with Crippen molar-refractivity contribution in [3.63, 3.8) is 0 Å². The summed E-state index contributed by atoms with van der Waals surface area (Å²) in [6.45, 7) is 5.99. The number of piperidine rings is 1. The van der Waals surface area contributed by atoms with Gasteiger partial charge in [-0.1, -0.05) is 18.6 Å². The van der Waals surface area contributed by atoms with E-state index in [1.165, 1.54) is 0 Å². The molecule has 3 aliphatic rings. The van der Waals surface area contributed by atoms with Crippen molar-refractivity contribution in [2.45, 2.75) is 57.9 Å². The van der Waals surface area contributed by atoms with Gasteiger partial charge in [-0.25, -0.2) is 0 Å². The van der Waals surface area contributed by atoms with Gasteiger partial charge < -0.3 is 28.6 Å². The molecular formula is C34H43N3O5. The molecule has 1 spiro atoms. The molecule has 2 amide bonds. The standard InChI is InChI=1S/C34H43N3O5/c1-24-28-21-26(40-3)12-13-29(28)35(2)31(24)33(39)36-18-15-34(16-19-36)14-6-7-20-41-22-25-9-8-17-37(25)32(38)27-10-4-5-11-30(27)42-23-34/h4-5,10-13,21,25H,6-9,14-20,22-23H2,1-3H3/t25-/m0/s1. The van der Waals surface area contributed by atoms with E-state index in [-0.39, 0.29) is 23.3 Å². The maximum Gasteiger partial charge on any atom is 0.270 e. The van der Waals surface area contributed by atoms with E-state index in [0.29, 0.717) is 44.2 Å². The summed E-state index contributed by atoms with van der Waals surface area (Å²) in [6, 6.07) is 13.8. The molecule has 8 nitrogen and oxygen atoms in total. The highest BCUT2D eigenvalue weighted by molar-refractivity contribution is 6.02. The second-order valence-corrected chi connectivity index (χ2v) is 12.3. The molecule has 0 unspecified atom stereocenters. The zero-order valence-electron chi connectivity index (χ0n) is 25.2. The zero-order valence-corrected chi connectivity index (χ0v) is 25.2. The molecule has 4 heterocycles. The highest BCUT2D eigenvalue weighted by Gasteiger charge is 2.38. The van der Waals surface area contributed by atoms with E-state index in [2.05, 4.69) is 0 Å². The summed E-state index contributed by atoms with van der Waals surface area (Å²) in [5, 5.41) is 1.05. The van der Waals surface area contributed by atoms with Gasteiger partial charge in [0.05, 0.1) is 31.9 Å². The molecule has 0 saturated carbocycles. The third-order valence-corrected chi connectivity index (χ3v) is 9.82. The molecule has 6 rings (SSSR count). The first kappa shape index (κ1) is 28.6. The Hall–Kier alpha value is -3.52. The largest absolute Gasteiger partial charge is 0.497 e. The highest BCUT2D eigenvalue weighted by Crippen LogP contribution is 2.39. The Bertz CT molecular complexity index is 1450. The van der Waals surface area contributed by atoms with Gasteiger partial charge in [-0.05, 0) is 81.3 Å². The molecule has 0 bridgehead atoms.